The van der Waals surface area contributed by atoms with Gasteiger partial charge in [0.2, 0.25) is 17.6 Å². The molecule has 1 aromatic heterocycles. The van der Waals surface area contributed by atoms with Gasteiger partial charge in [0.25, 0.3) is 0 Å². The lowest BCUT2D eigenvalue weighted by atomic mass is 9.78. The number of hydrogen-bond donors (Lipinski definition) is 0. The molecule has 2 aliphatic rings. The van der Waals surface area contributed by atoms with Crippen molar-refractivity contribution >= 4 is 35.1 Å². The van der Waals surface area contributed by atoms with Gasteiger partial charge >= 0.3 is 5.97 Å². The largest absolute Gasteiger partial charge is 0.457 e. The average molecular weight is 386 g/mol. The van der Waals surface area contributed by atoms with Gasteiger partial charge in [0.1, 0.15) is 0 Å². The van der Waals surface area contributed by atoms with Gasteiger partial charge in [0.15, 0.2) is 5.75 Å². The van der Waals surface area contributed by atoms with Crippen LogP contribution in [0.2, 0.25) is 5.02 Å². The molecule has 3 atom stereocenters. The highest BCUT2D eigenvalue weighted by Gasteiger charge is 2.51. The second-order valence-electron chi connectivity index (χ2n) is 6.65. The summed E-state index contributed by atoms with van der Waals surface area (Å²) >= 11 is 6.09. The second-order valence-corrected chi connectivity index (χ2v) is 7.08. The lowest BCUT2D eigenvalue weighted by Crippen LogP contribution is -2.32. The SMILES string of the molecule is C[C@@H]1C=CC[C@H]2C(=O)N(c3cc(Cl)ccc3OC(=O)c3ccco3)C(=O)[C@H]12. The fourth-order valence-corrected chi connectivity index (χ4v) is 3.85. The monoisotopic (exact) mass is 385 g/mol. The molecule has 1 saturated heterocycles. The molecule has 0 bridgehead atoms. The minimum absolute atomic E-state index is 0.0152. The molecular weight excluding hydrogens is 370 g/mol. The van der Waals surface area contributed by atoms with E-state index in [9.17, 15) is 14.4 Å². The Morgan fingerprint density at radius 1 is 1.26 bits per heavy atom. The topological polar surface area (TPSA) is 76.8 Å². The van der Waals surface area contributed by atoms with E-state index in [-0.39, 0.29) is 34.9 Å². The summed E-state index contributed by atoms with van der Waals surface area (Å²) in [6.07, 6.45) is 5.74. The van der Waals surface area contributed by atoms with E-state index in [0.717, 1.165) is 4.90 Å². The maximum absolute atomic E-state index is 13.0. The van der Waals surface area contributed by atoms with Gasteiger partial charge in [0, 0.05) is 5.02 Å². The first-order chi connectivity index (χ1) is 13.0. The Labute approximate surface area is 160 Å². The number of esters is 1. The molecule has 2 heterocycles. The fraction of sp³-hybridized carbons (Fsp3) is 0.250. The summed E-state index contributed by atoms with van der Waals surface area (Å²) in [7, 11) is 0. The van der Waals surface area contributed by atoms with Crippen LogP contribution >= 0.6 is 11.6 Å². The number of carbonyl (C=O) groups excluding carboxylic acids is 3. The van der Waals surface area contributed by atoms with E-state index in [0.29, 0.717) is 11.4 Å². The van der Waals surface area contributed by atoms with E-state index in [1.165, 1.54) is 30.5 Å². The molecule has 0 N–H and O–H groups in total. The normalized spacial score (nSPS) is 24.2. The standard InChI is InChI=1S/C20H16ClNO5/c1-11-4-2-5-13-17(11)19(24)22(18(13)23)14-10-12(21)7-8-15(14)27-20(25)16-6-3-9-26-16/h2-4,6-11,13,17H,5H2,1H3/t11-,13-,17-/m1/s1. The van der Waals surface area contributed by atoms with Gasteiger partial charge in [-0.1, -0.05) is 30.7 Å². The first-order valence-electron chi connectivity index (χ1n) is 8.57. The van der Waals surface area contributed by atoms with E-state index in [1.807, 2.05) is 19.1 Å². The molecule has 6 nitrogen and oxygen atoms in total. The number of benzene rings is 1. The van der Waals surface area contributed by atoms with Crippen molar-refractivity contribution in [1.82, 2.24) is 0 Å². The van der Waals surface area contributed by atoms with Gasteiger partial charge in [-0.15, -0.1) is 0 Å². The first-order valence-corrected chi connectivity index (χ1v) is 8.95. The number of furan rings is 1. The van der Waals surface area contributed by atoms with Crippen molar-refractivity contribution in [2.45, 2.75) is 13.3 Å². The number of anilines is 1. The minimum Gasteiger partial charge on any atom is -0.457 e. The van der Waals surface area contributed by atoms with Crippen LogP contribution in [0.3, 0.4) is 0 Å². The first kappa shape index (κ1) is 17.5. The van der Waals surface area contributed by atoms with Gasteiger partial charge in [-0.25, -0.2) is 9.69 Å². The molecule has 1 aliphatic carbocycles. The summed E-state index contributed by atoms with van der Waals surface area (Å²) in [4.78, 5) is 39.3. The molecule has 138 valence electrons. The van der Waals surface area contributed by atoms with Crippen LogP contribution in [0.4, 0.5) is 5.69 Å². The molecule has 2 aromatic rings. The van der Waals surface area contributed by atoms with Crippen molar-refractivity contribution in [2.75, 3.05) is 4.90 Å². The molecule has 1 aliphatic heterocycles. The van der Waals surface area contributed by atoms with E-state index < -0.39 is 17.8 Å². The van der Waals surface area contributed by atoms with E-state index >= 15 is 0 Å². The molecule has 0 unspecified atom stereocenters. The Hall–Kier alpha value is -2.86. The quantitative estimate of drug-likeness (QED) is 0.347. The number of rotatable bonds is 3. The molecule has 0 saturated carbocycles. The van der Waals surface area contributed by atoms with Gasteiger partial charge in [-0.3, -0.25) is 9.59 Å². The van der Waals surface area contributed by atoms with Crippen molar-refractivity contribution in [1.29, 1.82) is 0 Å². The van der Waals surface area contributed by atoms with Gasteiger partial charge < -0.3 is 9.15 Å². The molecule has 0 radical (unpaired) electrons. The third kappa shape index (κ3) is 2.96. The summed E-state index contributed by atoms with van der Waals surface area (Å²) in [6, 6.07) is 7.47. The molecule has 4 rings (SSSR count). The van der Waals surface area contributed by atoms with Crippen LogP contribution in [0.25, 0.3) is 0 Å². The Morgan fingerprint density at radius 2 is 2.07 bits per heavy atom. The number of ether oxygens (including phenoxy) is 1. The van der Waals surface area contributed by atoms with Gasteiger partial charge in [-0.05, 0) is 42.7 Å². The molecular formula is C20H16ClNO5. The summed E-state index contributed by atoms with van der Waals surface area (Å²) < 4.78 is 10.4. The van der Waals surface area contributed by atoms with Crippen molar-refractivity contribution in [3.63, 3.8) is 0 Å². The number of amides is 2. The van der Waals surface area contributed by atoms with Gasteiger partial charge in [-0.2, -0.15) is 0 Å². The maximum atomic E-state index is 13.0. The zero-order valence-corrected chi connectivity index (χ0v) is 15.2. The highest BCUT2D eigenvalue weighted by molar-refractivity contribution is 6.31. The Kier molecular flexibility index (Phi) is 4.36. The zero-order valence-electron chi connectivity index (χ0n) is 14.4. The third-order valence-corrected chi connectivity index (χ3v) is 5.19. The van der Waals surface area contributed by atoms with Crippen molar-refractivity contribution in [3.05, 3.63) is 59.5 Å². The third-order valence-electron chi connectivity index (χ3n) is 4.96. The number of nitrogens with zero attached hydrogens (tertiary/aromatic N) is 1. The van der Waals surface area contributed by atoms with Gasteiger partial charge in [0.05, 0.1) is 23.8 Å². The predicted molar refractivity (Wildman–Crippen MR) is 97.5 cm³/mol. The lowest BCUT2D eigenvalue weighted by molar-refractivity contribution is -0.122. The Bertz CT molecular complexity index is 949. The van der Waals surface area contributed by atoms with Crippen molar-refractivity contribution < 1.29 is 23.5 Å². The van der Waals surface area contributed by atoms with Crippen LogP contribution in [0, 0.1) is 17.8 Å². The van der Waals surface area contributed by atoms with Crippen LogP contribution in [-0.4, -0.2) is 17.8 Å². The Morgan fingerprint density at radius 3 is 2.78 bits per heavy atom. The van der Waals surface area contributed by atoms with Crippen LogP contribution in [-0.2, 0) is 9.59 Å². The number of fused-ring (bicyclic) bond motifs is 1. The van der Waals surface area contributed by atoms with E-state index in [4.69, 9.17) is 20.8 Å². The molecule has 2 amide bonds. The van der Waals surface area contributed by atoms with Crippen LogP contribution in [0.1, 0.15) is 23.9 Å². The highest BCUT2D eigenvalue weighted by Crippen LogP contribution is 2.43. The summed E-state index contributed by atoms with van der Waals surface area (Å²) in [5.41, 5.74) is 0.166. The Balaban J connectivity index is 1.71. The number of allylic oxidation sites excluding steroid dienone is 2. The van der Waals surface area contributed by atoms with E-state index in [2.05, 4.69) is 0 Å². The molecule has 7 heteroatoms. The van der Waals surface area contributed by atoms with Crippen LogP contribution < -0.4 is 9.64 Å². The average Bonchev–Trinajstić information content (AvgIpc) is 3.25. The summed E-state index contributed by atoms with van der Waals surface area (Å²) in [6.45, 7) is 1.91. The maximum Gasteiger partial charge on any atom is 0.379 e. The smallest absolute Gasteiger partial charge is 0.379 e. The van der Waals surface area contributed by atoms with E-state index in [1.54, 1.807) is 6.07 Å². The van der Waals surface area contributed by atoms with Crippen LogP contribution in [0.5, 0.6) is 5.75 Å². The fourth-order valence-electron chi connectivity index (χ4n) is 3.68. The molecule has 0 spiro atoms. The number of halogens is 1. The van der Waals surface area contributed by atoms with Crippen LogP contribution in [0.15, 0.2) is 53.2 Å². The summed E-state index contributed by atoms with van der Waals surface area (Å²) in [5, 5.41) is 0.324. The lowest BCUT2D eigenvalue weighted by Gasteiger charge is -2.22. The van der Waals surface area contributed by atoms with Crippen molar-refractivity contribution in [3.8, 4) is 5.75 Å². The number of hydrogen-bond acceptors (Lipinski definition) is 5. The predicted octanol–water partition coefficient (Wildman–Crippen LogP) is 3.85. The minimum atomic E-state index is -0.727. The highest BCUT2D eigenvalue weighted by atomic mass is 35.5. The number of carbonyl (C=O) groups is 3. The molecule has 27 heavy (non-hydrogen) atoms. The van der Waals surface area contributed by atoms with Crippen molar-refractivity contribution in [2.24, 2.45) is 17.8 Å². The number of imide groups is 1. The zero-order chi connectivity index (χ0) is 19.1. The molecule has 1 aromatic carbocycles. The molecule has 1 fully saturated rings. The second kappa shape index (κ2) is 6.70. The summed E-state index contributed by atoms with van der Waals surface area (Å²) in [5.74, 6) is -2.13.